The van der Waals surface area contributed by atoms with Crippen LogP contribution in [0.5, 0.6) is 0 Å². The van der Waals surface area contributed by atoms with Crippen molar-refractivity contribution >= 4 is 11.8 Å². The molecule has 1 aromatic heterocycles. The summed E-state index contributed by atoms with van der Waals surface area (Å²) in [6, 6.07) is 1.07. The normalized spacial score (nSPS) is 20.2. The van der Waals surface area contributed by atoms with Crippen molar-refractivity contribution in [3.05, 3.63) is 18.0 Å². The van der Waals surface area contributed by atoms with Crippen LogP contribution in [0.1, 0.15) is 31.3 Å². The SMILES string of the molecule is CC(C)CN1CCN(C(=O)c2ccon2)C(C)C1=O. The van der Waals surface area contributed by atoms with E-state index in [2.05, 4.69) is 23.5 Å². The van der Waals surface area contributed by atoms with Gasteiger partial charge >= 0.3 is 0 Å². The van der Waals surface area contributed by atoms with Crippen LogP contribution in [0.25, 0.3) is 0 Å². The smallest absolute Gasteiger partial charge is 0.276 e. The number of carbonyl (C=O) groups is 2. The first-order valence-electron chi connectivity index (χ1n) is 6.51. The average molecular weight is 265 g/mol. The Hall–Kier alpha value is -1.85. The summed E-state index contributed by atoms with van der Waals surface area (Å²) in [5, 5.41) is 3.63. The third-order valence-corrected chi connectivity index (χ3v) is 3.25. The Morgan fingerprint density at radius 1 is 1.53 bits per heavy atom. The Bertz CT molecular complexity index is 456. The molecule has 0 bridgehead atoms. The van der Waals surface area contributed by atoms with E-state index >= 15 is 0 Å². The lowest BCUT2D eigenvalue weighted by molar-refractivity contribution is -0.140. The second-order valence-electron chi connectivity index (χ2n) is 5.24. The van der Waals surface area contributed by atoms with E-state index in [1.165, 1.54) is 12.3 Å². The summed E-state index contributed by atoms with van der Waals surface area (Å²) in [4.78, 5) is 27.8. The van der Waals surface area contributed by atoms with Crippen molar-refractivity contribution in [2.24, 2.45) is 5.92 Å². The topological polar surface area (TPSA) is 66.7 Å². The van der Waals surface area contributed by atoms with Crippen LogP contribution in [0, 0.1) is 5.92 Å². The molecule has 0 aliphatic carbocycles. The molecule has 0 aromatic carbocycles. The summed E-state index contributed by atoms with van der Waals surface area (Å²) in [5.74, 6) is 0.171. The standard InChI is InChI=1S/C13H19N3O3/c1-9(2)8-15-5-6-16(10(3)12(15)17)13(18)11-4-7-19-14-11/h4,7,9-10H,5-6,8H2,1-3H3. The second-order valence-corrected chi connectivity index (χ2v) is 5.24. The van der Waals surface area contributed by atoms with Crippen LogP contribution < -0.4 is 0 Å². The molecule has 0 radical (unpaired) electrons. The average Bonchev–Trinajstić information content (AvgIpc) is 2.88. The van der Waals surface area contributed by atoms with Crippen molar-refractivity contribution in [2.75, 3.05) is 19.6 Å². The summed E-state index contributed by atoms with van der Waals surface area (Å²) >= 11 is 0. The zero-order chi connectivity index (χ0) is 14.0. The molecular formula is C13H19N3O3. The highest BCUT2D eigenvalue weighted by atomic mass is 16.5. The van der Waals surface area contributed by atoms with Crippen molar-refractivity contribution in [1.82, 2.24) is 15.0 Å². The number of piperazine rings is 1. The minimum atomic E-state index is -0.448. The van der Waals surface area contributed by atoms with Crippen LogP contribution >= 0.6 is 0 Å². The van der Waals surface area contributed by atoms with Crippen LogP contribution in [0.2, 0.25) is 0 Å². The molecule has 6 nitrogen and oxygen atoms in total. The Labute approximate surface area is 112 Å². The molecular weight excluding hydrogens is 246 g/mol. The van der Waals surface area contributed by atoms with Crippen molar-refractivity contribution < 1.29 is 14.1 Å². The highest BCUT2D eigenvalue weighted by Crippen LogP contribution is 2.15. The molecule has 2 heterocycles. The van der Waals surface area contributed by atoms with Gasteiger partial charge in [-0.3, -0.25) is 9.59 Å². The number of nitrogens with zero attached hydrogens (tertiary/aromatic N) is 3. The molecule has 104 valence electrons. The molecule has 6 heteroatoms. The fourth-order valence-corrected chi connectivity index (χ4v) is 2.30. The van der Waals surface area contributed by atoms with Gasteiger partial charge in [-0.15, -0.1) is 0 Å². The highest BCUT2D eigenvalue weighted by Gasteiger charge is 2.35. The molecule has 1 unspecified atom stereocenters. The van der Waals surface area contributed by atoms with Crippen LogP contribution in [-0.4, -0.2) is 52.4 Å². The molecule has 0 N–H and O–H groups in total. The summed E-state index contributed by atoms with van der Waals surface area (Å²) in [6.07, 6.45) is 1.36. The summed E-state index contributed by atoms with van der Waals surface area (Å²) in [5.41, 5.74) is 0.247. The number of hydrogen-bond acceptors (Lipinski definition) is 4. The van der Waals surface area contributed by atoms with E-state index < -0.39 is 6.04 Å². The minimum absolute atomic E-state index is 0.00297. The largest absolute Gasteiger partial charge is 0.364 e. The van der Waals surface area contributed by atoms with Gasteiger partial charge in [-0.1, -0.05) is 19.0 Å². The summed E-state index contributed by atoms with van der Waals surface area (Å²) in [7, 11) is 0. The van der Waals surface area contributed by atoms with Gasteiger partial charge in [0, 0.05) is 25.7 Å². The Morgan fingerprint density at radius 2 is 2.26 bits per heavy atom. The first kappa shape index (κ1) is 13.6. The third kappa shape index (κ3) is 2.77. The first-order chi connectivity index (χ1) is 9.00. The lowest BCUT2D eigenvalue weighted by atomic mass is 10.1. The third-order valence-electron chi connectivity index (χ3n) is 3.25. The monoisotopic (exact) mass is 265 g/mol. The molecule has 2 rings (SSSR count). The Balaban J connectivity index is 2.07. The van der Waals surface area contributed by atoms with Crippen molar-refractivity contribution in [2.45, 2.75) is 26.8 Å². The molecule has 1 aliphatic rings. The van der Waals surface area contributed by atoms with Gasteiger partial charge in [0.15, 0.2) is 5.69 Å². The van der Waals surface area contributed by atoms with Gasteiger partial charge in [0.05, 0.1) is 0 Å². The predicted molar refractivity (Wildman–Crippen MR) is 68.4 cm³/mol. The first-order valence-corrected chi connectivity index (χ1v) is 6.51. The van der Waals surface area contributed by atoms with E-state index in [0.717, 1.165) is 6.54 Å². The van der Waals surface area contributed by atoms with E-state index in [1.54, 1.807) is 11.8 Å². The molecule has 1 aliphatic heterocycles. The summed E-state index contributed by atoms with van der Waals surface area (Å²) in [6.45, 7) is 7.74. The van der Waals surface area contributed by atoms with Gasteiger partial charge in [0.1, 0.15) is 12.3 Å². The highest BCUT2D eigenvalue weighted by molar-refractivity contribution is 5.96. The zero-order valence-corrected chi connectivity index (χ0v) is 11.5. The van der Waals surface area contributed by atoms with E-state index in [0.29, 0.717) is 19.0 Å². The maximum atomic E-state index is 12.2. The molecule has 1 saturated heterocycles. The van der Waals surface area contributed by atoms with Crippen LogP contribution in [-0.2, 0) is 4.79 Å². The van der Waals surface area contributed by atoms with Gasteiger partial charge in [0.25, 0.3) is 5.91 Å². The Kier molecular flexibility index (Phi) is 3.87. The van der Waals surface area contributed by atoms with E-state index in [9.17, 15) is 9.59 Å². The predicted octanol–water partition coefficient (Wildman–Crippen LogP) is 1.00. The van der Waals surface area contributed by atoms with Gasteiger partial charge in [-0.05, 0) is 12.8 Å². The molecule has 2 amide bonds. The van der Waals surface area contributed by atoms with Crippen LogP contribution in [0.4, 0.5) is 0 Å². The maximum Gasteiger partial charge on any atom is 0.276 e. The second kappa shape index (κ2) is 5.42. The van der Waals surface area contributed by atoms with Crippen molar-refractivity contribution in [3.63, 3.8) is 0 Å². The molecule has 0 spiro atoms. The van der Waals surface area contributed by atoms with Crippen LogP contribution in [0.15, 0.2) is 16.9 Å². The van der Waals surface area contributed by atoms with Gasteiger partial charge in [-0.2, -0.15) is 0 Å². The summed E-state index contributed by atoms with van der Waals surface area (Å²) < 4.78 is 4.67. The lowest BCUT2D eigenvalue weighted by Crippen LogP contribution is -2.58. The maximum absolute atomic E-state index is 12.2. The number of carbonyl (C=O) groups excluding carboxylic acids is 2. The molecule has 1 aromatic rings. The van der Waals surface area contributed by atoms with E-state index in [4.69, 9.17) is 0 Å². The zero-order valence-electron chi connectivity index (χ0n) is 11.5. The van der Waals surface area contributed by atoms with Crippen LogP contribution in [0.3, 0.4) is 0 Å². The lowest BCUT2D eigenvalue weighted by Gasteiger charge is -2.39. The van der Waals surface area contributed by atoms with Crippen molar-refractivity contribution in [1.29, 1.82) is 0 Å². The van der Waals surface area contributed by atoms with Gasteiger partial charge in [0.2, 0.25) is 5.91 Å². The minimum Gasteiger partial charge on any atom is -0.364 e. The van der Waals surface area contributed by atoms with E-state index in [-0.39, 0.29) is 17.5 Å². The molecule has 1 fully saturated rings. The number of hydrogen-bond donors (Lipinski definition) is 0. The fourth-order valence-electron chi connectivity index (χ4n) is 2.30. The quantitative estimate of drug-likeness (QED) is 0.818. The molecule has 19 heavy (non-hydrogen) atoms. The van der Waals surface area contributed by atoms with Gasteiger partial charge < -0.3 is 14.3 Å². The molecule has 0 saturated carbocycles. The number of aromatic nitrogens is 1. The van der Waals surface area contributed by atoms with E-state index in [1.807, 2.05) is 4.90 Å². The number of rotatable bonds is 3. The fraction of sp³-hybridized carbons (Fsp3) is 0.615. The Morgan fingerprint density at radius 3 is 2.84 bits per heavy atom. The van der Waals surface area contributed by atoms with Crippen molar-refractivity contribution in [3.8, 4) is 0 Å². The number of amides is 2. The molecule has 1 atom stereocenters. The van der Waals surface area contributed by atoms with Gasteiger partial charge in [-0.25, -0.2) is 0 Å².